The molecule has 0 radical (unpaired) electrons. The van der Waals surface area contributed by atoms with E-state index >= 15 is 0 Å². The van der Waals surface area contributed by atoms with Crippen molar-refractivity contribution in [1.29, 1.82) is 0 Å². The average Bonchev–Trinajstić information content (AvgIpc) is 3.10. The van der Waals surface area contributed by atoms with Gasteiger partial charge < -0.3 is 19.7 Å². The summed E-state index contributed by atoms with van der Waals surface area (Å²) in [4.78, 5) is 4.40. The van der Waals surface area contributed by atoms with Crippen LogP contribution < -0.4 is 10.5 Å². The van der Waals surface area contributed by atoms with Crippen LogP contribution in [0.25, 0.3) is 0 Å². The Morgan fingerprint density at radius 2 is 2.25 bits per heavy atom. The molecule has 1 aliphatic rings. The third kappa shape index (κ3) is 2.39. The molecule has 1 aromatic carbocycles. The molecule has 2 aromatic rings. The van der Waals surface area contributed by atoms with Gasteiger partial charge in [0.15, 0.2) is 5.82 Å². The molecule has 1 fully saturated rings. The zero-order valence-corrected chi connectivity index (χ0v) is 11.3. The fourth-order valence-electron chi connectivity index (χ4n) is 2.30. The molecule has 1 unspecified atom stereocenters. The van der Waals surface area contributed by atoms with E-state index in [1.807, 2.05) is 24.3 Å². The van der Waals surface area contributed by atoms with Gasteiger partial charge in [0.05, 0.1) is 13.7 Å². The summed E-state index contributed by atoms with van der Waals surface area (Å²) >= 11 is 0. The number of nitrogens with two attached hydrogens (primary N) is 1. The lowest BCUT2D eigenvalue weighted by Gasteiger charge is -2.15. The third-order valence-corrected chi connectivity index (χ3v) is 3.49. The first-order chi connectivity index (χ1) is 9.71. The summed E-state index contributed by atoms with van der Waals surface area (Å²) in [6, 6.07) is 7.76. The summed E-state index contributed by atoms with van der Waals surface area (Å²) in [6.07, 6.45) is 1.24. The van der Waals surface area contributed by atoms with E-state index in [1.54, 1.807) is 7.11 Å². The maximum absolute atomic E-state index is 6.20. The van der Waals surface area contributed by atoms with Crippen LogP contribution >= 0.6 is 0 Å². The Bertz CT molecular complexity index is 591. The fourth-order valence-corrected chi connectivity index (χ4v) is 2.30. The lowest BCUT2D eigenvalue weighted by atomic mass is 10.0. The maximum atomic E-state index is 6.20. The van der Waals surface area contributed by atoms with E-state index in [0.717, 1.165) is 11.3 Å². The lowest BCUT2D eigenvalue weighted by molar-refractivity contribution is 0.166. The first kappa shape index (κ1) is 13.1. The van der Waals surface area contributed by atoms with Crippen molar-refractivity contribution in [3.05, 3.63) is 41.5 Å². The molecule has 2 heterocycles. The first-order valence-electron chi connectivity index (χ1n) is 6.53. The normalized spacial score (nSPS) is 22.1. The predicted molar refractivity (Wildman–Crippen MR) is 71.4 cm³/mol. The summed E-state index contributed by atoms with van der Waals surface area (Å²) in [7, 11) is 1.64. The largest absolute Gasteiger partial charge is 0.496 e. The van der Waals surface area contributed by atoms with Crippen LogP contribution in [0.1, 0.15) is 23.7 Å². The average molecular weight is 275 g/mol. The lowest BCUT2D eigenvalue weighted by Crippen LogP contribution is -2.37. The molecule has 6 nitrogen and oxygen atoms in total. The Hall–Kier alpha value is -1.92. The molecule has 0 bridgehead atoms. The van der Waals surface area contributed by atoms with Gasteiger partial charge in [0.1, 0.15) is 11.3 Å². The van der Waals surface area contributed by atoms with Gasteiger partial charge in [-0.1, -0.05) is 23.4 Å². The van der Waals surface area contributed by atoms with Crippen LogP contribution in [-0.2, 0) is 16.7 Å². The summed E-state index contributed by atoms with van der Waals surface area (Å²) in [5.74, 6) is 1.85. The van der Waals surface area contributed by atoms with Gasteiger partial charge >= 0.3 is 0 Å². The highest BCUT2D eigenvalue weighted by Gasteiger charge is 2.38. The maximum Gasteiger partial charge on any atom is 0.249 e. The van der Waals surface area contributed by atoms with Crippen molar-refractivity contribution in [3.8, 4) is 5.75 Å². The van der Waals surface area contributed by atoms with E-state index < -0.39 is 5.54 Å². The highest BCUT2D eigenvalue weighted by Crippen LogP contribution is 2.27. The Balaban J connectivity index is 1.80. The molecule has 0 aliphatic carbocycles. The van der Waals surface area contributed by atoms with Gasteiger partial charge in [0.25, 0.3) is 0 Å². The van der Waals surface area contributed by atoms with Crippen molar-refractivity contribution in [3.63, 3.8) is 0 Å². The predicted octanol–water partition coefficient (Wildman–Crippen LogP) is 1.24. The van der Waals surface area contributed by atoms with Gasteiger partial charge in [-0.2, -0.15) is 4.98 Å². The summed E-state index contributed by atoms with van der Waals surface area (Å²) in [5, 5.41) is 4.00. The van der Waals surface area contributed by atoms with Crippen molar-refractivity contribution in [2.45, 2.75) is 18.4 Å². The monoisotopic (exact) mass is 275 g/mol. The van der Waals surface area contributed by atoms with Crippen LogP contribution in [-0.4, -0.2) is 30.5 Å². The molecule has 1 aliphatic heterocycles. The quantitative estimate of drug-likeness (QED) is 0.904. The van der Waals surface area contributed by atoms with Crippen LogP contribution in [0.4, 0.5) is 0 Å². The Labute approximate surface area is 116 Å². The van der Waals surface area contributed by atoms with E-state index in [2.05, 4.69) is 10.1 Å². The summed E-state index contributed by atoms with van der Waals surface area (Å²) in [6.45, 7) is 1.05. The number of methoxy groups -OCH3 is 1. The number of benzene rings is 1. The molecule has 3 rings (SSSR count). The number of aromatic nitrogens is 2. The number of para-hydroxylation sites is 1. The number of ether oxygens (including phenoxy) is 2. The SMILES string of the molecule is COc1ccccc1Cc1noc(C2(N)CCOC2)n1. The van der Waals surface area contributed by atoms with Crippen LogP contribution in [0.15, 0.2) is 28.8 Å². The second kappa shape index (κ2) is 5.22. The second-order valence-electron chi connectivity index (χ2n) is 4.96. The third-order valence-electron chi connectivity index (χ3n) is 3.49. The minimum atomic E-state index is -0.647. The van der Waals surface area contributed by atoms with Gasteiger partial charge in [0, 0.05) is 18.6 Å². The Morgan fingerprint density at radius 3 is 3.00 bits per heavy atom. The molecule has 1 aromatic heterocycles. The Kier molecular flexibility index (Phi) is 3.42. The van der Waals surface area contributed by atoms with E-state index in [9.17, 15) is 0 Å². The van der Waals surface area contributed by atoms with Crippen LogP contribution in [0.5, 0.6) is 5.75 Å². The van der Waals surface area contributed by atoms with Crippen LogP contribution in [0, 0.1) is 0 Å². The van der Waals surface area contributed by atoms with Crippen LogP contribution in [0.3, 0.4) is 0 Å². The van der Waals surface area contributed by atoms with Gasteiger partial charge in [-0.25, -0.2) is 0 Å². The topological polar surface area (TPSA) is 83.4 Å². The molecular weight excluding hydrogens is 258 g/mol. The van der Waals surface area contributed by atoms with Gasteiger partial charge in [-0.15, -0.1) is 0 Å². The van der Waals surface area contributed by atoms with Crippen molar-refractivity contribution >= 4 is 0 Å². The molecule has 0 saturated carbocycles. The Morgan fingerprint density at radius 1 is 1.40 bits per heavy atom. The molecule has 1 atom stereocenters. The highest BCUT2D eigenvalue weighted by atomic mass is 16.5. The molecule has 0 spiro atoms. The smallest absolute Gasteiger partial charge is 0.249 e. The number of nitrogens with zero attached hydrogens (tertiary/aromatic N) is 2. The molecule has 0 amide bonds. The minimum Gasteiger partial charge on any atom is -0.496 e. The number of hydrogen-bond acceptors (Lipinski definition) is 6. The molecule has 106 valence electrons. The van der Waals surface area contributed by atoms with Gasteiger partial charge in [0.2, 0.25) is 5.89 Å². The zero-order chi connectivity index (χ0) is 14.0. The van der Waals surface area contributed by atoms with E-state index in [0.29, 0.717) is 37.8 Å². The fraction of sp³-hybridized carbons (Fsp3) is 0.429. The number of hydrogen-bond donors (Lipinski definition) is 1. The molecular formula is C14H17N3O3. The zero-order valence-electron chi connectivity index (χ0n) is 11.3. The van der Waals surface area contributed by atoms with E-state index in [1.165, 1.54) is 0 Å². The molecule has 6 heteroatoms. The van der Waals surface area contributed by atoms with E-state index in [4.69, 9.17) is 19.7 Å². The van der Waals surface area contributed by atoms with E-state index in [-0.39, 0.29) is 0 Å². The first-order valence-corrected chi connectivity index (χ1v) is 6.53. The molecule has 20 heavy (non-hydrogen) atoms. The van der Waals surface area contributed by atoms with Crippen LogP contribution in [0.2, 0.25) is 0 Å². The van der Waals surface area contributed by atoms with Crippen molar-refractivity contribution in [1.82, 2.24) is 10.1 Å². The van der Waals surface area contributed by atoms with Gasteiger partial charge in [-0.3, -0.25) is 0 Å². The van der Waals surface area contributed by atoms with Crippen molar-refractivity contribution in [2.24, 2.45) is 5.73 Å². The molecule has 2 N–H and O–H groups in total. The second-order valence-corrected chi connectivity index (χ2v) is 4.96. The summed E-state index contributed by atoms with van der Waals surface area (Å²) in [5.41, 5.74) is 6.56. The minimum absolute atomic E-state index is 0.420. The van der Waals surface area contributed by atoms with Crippen molar-refractivity contribution < 1.29 is 14.0 Å². The summed E-state index contributed by atoms with van der Waals surface area (Å²) < 4.78 is 15.9. The number of rotatable bonds is 4. The standard InChI is InChI=1S/C14H17N3O3/c1-18-11-5-3-2-4-10(11)8-12-16-13(20-17-12)14(15)6-7-19-9-14/h2-5H,6-9,15H2,1H3. The van der Waals surface area contributed by atoms with Gasteiger partial charge in [-0.05, 0) is 12.5 Å². The highest BCUT2D eigenvalue weighted by molar-refractivity contribution is 5.35. The molecule has 1 saturated heterocycles. The van der Waals surface area contributed by atoms with Crippen molar-refractivity contribution in [2.75, 3.05) is 20.3 Å².